The van der Waals surface area contributed by atoms with Gasteiger partial charge in [-0.25, -0.2) is 4.39 Å². The van der Waals surface area contributed by atoms with Gasteiger partial charge in [0.1, 0.15) is 5.82 Å². The van der Waals surface area contributed by atoms with Crippen molar-refractivity contribution in [2.45, 2.75) is 38.3 Å². The number of nitrogens with zero attached hydrogens (tertiary/aromatic N) is 1. The van der Waals surface area contributed by atoms with Crippen molar-refractivity contribution in [2.24, 2.45) is 5.92 Å². The number of aromatic nitrogens is 1. The van der Waals surface area contributed by atoms with E-state index in [2.05, 4.69) is 10.3 Å². The number of halogens is 1. The first-order valence-corrected chi connectivity index (χ1v) is 8.14. The molecule has 3 rings (SSSR count). The highest BCUT2D eigenvalue weighted by Gasteiger charge is 2.26. The molecule has 1 saturated carbocycles. The third kappa shape index (κ3) is 3.64. The molecule has 1 fully saturated rings. The van der Waals surface area contributed by atoms with Crippen molar-refractivity contribution in [1.82, 2.24) is 4.98 Å². The molecule has 1 aromatic carbocycles. The van der Waals surface area contributed by atoms with Gasteiger partial charge in [-0.15, -0.1) is 0 Å². The Morgan fingerprint density at radius 3 is 2.75 bits per heavy atom. The summed E-state index contributed by atoms with van der Waals surface area (Å²) in [6, 6.07) is 6.60. The van der Waals surface area contributed by atoms with Crippen LogP contribution in [0.15, 0.2) is 24.3 Å². The van der Waals surface area contributed by atoms with E-state index in [1.54, 1.807) is 13.2 Å². The number of rotatable bonds is 5. The van der Waals surface area contributed by atoms with Crippen LogP contribution in [0.1, 0.15) is 31.4 Å². The van der Waals surface area contributed by atoms with Crippen LogP contribution < -0.4 is 5.32 Å². The Kier molecular flexibility index (Phi) is 4.94. The highest BCUT2D eigenvalue weighted by Crippen LogP contribution is 2.30. The second kappa shape index (κ2) is 7.13. The molecule has 1 aliphatic carbocycles. The molecule has 2 N–H and O–H groups in total. The van der Waals surface area contributed by atoms with Gasteiger partial charge in [-0.3, -0.25) is 9.78 Å². The zero-order valence-corrected chi connectivity index (χ0v) is 13.6. The standard InChI is InChI=1S/C18H21FN2O3/c1-24-10-14-9-17(15-8-12(19)4-7-16(15)21-14)20-13-5-2-11(3-6-13)18(22)23/h4,7-9,11,13H,2-3,5-6,10H2,1H3,(H,20,21)(H,22,23). The lowest BCUT2D eigenvalue weighted by Crippen LogP contribution is -2.29. The zero-order valence-electron chi connectivity index (χ0n) is 13.6. The first-order chi connectivity index (χ1) is 11.6. The van der Waals surface area contributed by atoms with Gasteiger partial charge in [-0.2, -0.15) is 0 Å². The fourth-order valence-corrected chi connectivity index (χ4v) is 3.30. The largest absolute Gasteiger partial charge is 0.481 e. The molecule has 2 aromatic rings. The monoisotopic (exact) mass is 332 g/mol. The number of ether oxygens (including phenoxy) is 1. The van der Waals surface area contributed by atoms with E-state index in [4.69, 9.17) is 9.84 Å². The number of benzene rings is 1. The normalized spacial score (nSPS) is 20.9. The average molecular weight is 332 g/mol. The van der Waals surface area contributed by atoms with Gasteiger partial charge in [-0.1, -0.05) is 0 Å². The van der Waals surface area contributed by atoms with Crippen molar-refractivity contribution in [3.05, 3.63) is 35.8 Å². The Hall–Kier alpha value is -2.21. The van der Waals surface area contributed by atoms with E-state index < -0.39 is 5.97 Å². The van der Waals surface area contributed by atoms with Crippen molar-refractivity contribution in [3.8, 4) is 0 Å². The minimum absolute atomic E-state index is 0.185. The van der Waals surface area contributed by atoms with Crippen molar-refractivity contribution >= 4 is 22.6 Å². The number of nitrogens with one attached hydrogen (secondary N) is 1. The van der Waals surface area contributed by atoms with Crippen LogP contribution in [0.4, 0.5) is 10.1 Å². The first-order valence-electron chi connectivity index (χ1n) is 8.14. The number of carbonyl (C=O) groups is 1. The predicted octanol–water partition coefficient (Wildman–Crippen LogP) is 3.58. The molecule has 0 saturated heterocycles. The molecule has 0 radical (unpaired) electrons. The minimum Gasteiger partial charge on any atom is -0.481 e. The number of pyridine rings is 1. The maximum absolute atomic E-state index is 13.6. The van der Waals surface area contributed by atoms with E-state index >= 15 is 0 Å². The Morgan fingerprint density at radius 1 is 1.33 bits per heavy atom. The van der Waals surface area contributed by atoms with E-state index in [-0.39, 0.29) is 17.8 Å². The van der Waals surface area contributed by atoms with Crippen molar-refractivity contribution < 1.29 is 19.0 Å². The van der Waals surface area contributed by atoms with Gasteiger partial charge in [-0.05, 0) is 49.9 Å². The number of anilines is 1. The van der Waals surface area contributed by atoms with E-state index in [1.807, 2.05) is 6.07 Å². The van der Waals surface area contributed by atoms with Gasteiger partial charge < -0.3 is 15.2 Å². The summed E-state index contributed by atoms with van der Waals surface area (Å²) in [6.45, 7) is 0.383. The molecule has 1 heterocycles. The lowest BCUT2D eigenvalue weighted by atomic mass is 9.86. The molecule has 0 atom stereocenters. The predicted molar refractivity (Wildman–Crippen MR) is 89.4 cm³/mol. The highest BCUT2D eigenvalue weighted by molar-refractivity contribution is 5.91. The van der Waals surface area contributed by atoms with Gasteiger partial charge in [0.05, 0.1) is 23.7 Å². The molecule has 0 amide bonds. The first kappa shape index (κ1) is 16.6. The summed E-state index contributed by atoms with van der Waals surface area (Å²) in [6.07, 6.45) is 2.90. The SMILES string of the molecule is COCc1cc(NC2CCC(C(=O)O)CC2)c2cc(F)ccc2n1. The van der Waals surface area contributed by atoms with E-state index in [9.17, 15) is 9.18 Å². The minimum atomic E-state index is -0.715. The van der Waals surface area contributed by atoms with Crippen LogP contribution >= 0.6 is 0 Å². The highest BCUT2D eigenvalue weighted by atomic mass is 19.1. The summed E-state index contributed by atoms with van der Waals surface area (Å²) in [5, 5.41) is 13.3. The molecule has 6 heteroatoms. The second-order valence-electron chi connectivity index (χ2n) is 6.29. The summed E-state index contributed by atoms with van der Waals surface area (Å²) in [4.78, 5) is 15.5. The number of carboxylic acid groups (broad SMARTS) is 1. The smallest absolute Gasteiger partial charge is 0.306 e. The van der Waals surface area contributed by atoms with E-state index in [0.717, 1.165) is 29.6 Å². The molecule has 0 unspecified atom stereocenters. The molecule has 0 aliphatic heterocycles. The summed E-state index contributed by atoms with van der Waals surface area (Å²) < 4.78 is 18.8. The summed E-state index contributed by atoms with van der Waals surface area (Å²) >= 11 is 0. The van der Waals surface area contributed by atoms with Crippen molar-refractivity contribution in [2.75, 3.05) is 12.4 Å². The maximum atomic E-state index is 13.6. The van der Waals surface area contributed by atoms with Crippen molar-refractivity contribution in [3.63, 3.8) is 0 Å². The molecule has 24 heavy (non-hydrogen) atoms. The Morgan fingerprint density at radius 2 is 2.08 bits per heavy atom. The lowest BCUT2D eigenvalue weighted by Gasteiger charge is -2.28. The molecule has 128 valence electrons. The number of fused-ring (bicyclic) bond motifs is 1. The summed E-state index contributed by atoms with van der Waals surface area (Å²) in [5.41, 5.74) is 2.32. The summed E-state index contributed by atoms with van der Waals surface area (Å²) in [7, 11) is 1.61. The Balaban J connectivity index is 1.85. The van der Waals surface area contributed by atoms with Gasteiger partial charge in [0.2, 0.25) is 0 Å². The van der Waals surface area contributed by atoms with Crippen LogP contribution in [0.2, 0.25) is 0 Å². The molecule has 1 aromatic heterocycles. The number of aliphatic carboxylic acids is 1. The Labute approximate surface area is 139 Å². The van der Waals surface area contributed by atoms with Crippen LogP contribution in [0.25, 0.3) is 10.9 Å². The maximum Gasteiger partial charge on any atom is 0.306 e. The topological polar surface area (TPSA) is 71.5 Å². The van der Waals surface area contributed by atoms with Gasteiger partial charge >= 0.3 is 5.97 Å². The number of carboxylic acids is 1. The molecule has 0 bridgehead atoms. The molecule has 5 nitrogen and oxygen atoms in total. The molecule has 1 aliphatic rings. The lowest BCUT2D eigenvalue weighted by molar-refractivity contribution is -0.142. The zero-order chi connectivity index (χ0) is 17.1. The molecular formula is C18H21FN2O3. The fraction of sp³-hybridized carbons (Fsp3) is 0.444. The third-order valence-electron chi connectivity index (χ3n) is 4.55. The van der Waals surface area contributed by atoms with Crippen molar-refractivity contribution in [1.29, 1.82) is 0 Å². The van der Waals surface area contributed by atoms with Gasteiger partial charge in [0.25, 0.3) is 0 Å². The average Bonchev–Trinajstić information content (AvgIpc) is 2.56. The Bertz CT molecular complexity index is 742. The van der Waals surface area contributed by atoms with Gasteiger partial charge in [0.15, 0.2) is 0 Å². The van der Waals surface area contributed by atoms with Crippen LogP contribution in [0.5, 0.6) is 0 Å². The van der Waals surface area contributed by atoms with Crippen LogP contribution in [-0.4, -0.2) is 29.2 Å². The number of methoxy groups -OCH3 is 1. The van der Waals surface area contributed by atoms with E-state index in [1.165, 1.54) is 12.1 Å². The quantitative estimate of drug-likeness (QED) is 0.876. The molecule has 0 spiro atoms. The van der Waals surface area contributed by atoms with E-state index in [0.29, 0.717) is 25.0 Å². The number of hydrogen-bond donors (Lipinski definition) is 2. The fourth-order valence-electron chi connectivity index (χ4n) is 3.30. The second-order valence-corrected chi connectivity index (χ2v) is 6.29. The number of hydrogen-bond acceptors (Lipinski definition) is 4. The van der Waals surface area contributed by atoms with Crippen LogP contribution in [0.3, 0.4) is 0 Å². The van der Waals surface area contributed by atoms with Crippen LogP contribution in [0, 0.1) is 11.7 Å². The van der Waals surface area contributed by atoms with Gasteiger partial charge in [0, 0.05) is 24.2 Å². The molecular weight excluding hydrogens is 311 g/mol. The third-order valence-corrected chi connectivity index (χ3v) is 4.55. The summed E-state index contributed by atoms with van der Waals surface area (Å²) in [5.74, 6) is -1.27. The van der Waals surface area contributed by atoms with Crippen LogP contribution in [-0.2, 0) is 16.1 Å².